The first-order chi connectivity index (χ1) is 29.4. The second-order valence-electron chi connectivity index (χ2n) is 16.2. The van der Waals surface area contributed by atoms with Gasteiger partial charge in [0.2, 0.25) is 0 Å². The Morgan fingerprint density at radius 1 is 0.333 bits per heavy atom. The highest BCUT2D eigenvalue weighted by atomic mass is 15.0. The van der Waals surface area contributed by atoms with Crippen LogP contribution < -0.4 is 0 Å². The maximum atomic E-state index is 5.10. The zero-order valence-corrected chi connectivity index (χ0v) is 34.1. The summed E-state index contributed by atoms with van der Waals surface area (Å²) in [6, 6.07) is 65.8. The van der Waals surface area contributed by atoms with Gasteiger partial charge in [-0.2, -0.15) is 0 Å². The van der Waals surface area contributed by atoms with Crippen LogP contribution in [0.5, 0.6) is 0 Å². The van der Waals surface area contributed by atoms with E-state index in [-0.39, 0.29) is 0 Å². The SMILES string of the molecule is Cc1ccc(-c2cc(-c3ccc(-c4cc(C)c(-n5c6ccccc6c6cc(-n7c8ccccc8c8ccccc87)ccc65)c(C)c4)cc3)nc(-c3ccc(C)cc3)n2)cc1. The molecule has 60 heavy (non-hydrogen) atoms. The van der Waals surface area contributed by atoms with E-state index in [1.54, 1.807) is 0 Å². The molecule has 0 bridgehead atoms. The van der Waals surface area contributed by atoms with Crippen LogP contribution in [-0.2, 0) is 0 Å². The molecule has 0 radical (unpaired) electrons. The molecular weight excluding hydrogens is 729 g/mol. The fourth-order valence-corrected chi connectivity index (χ4v) is 9.15. The zero-order valence-electron chi connectivity index (χ0n) is 34.1. The summed E-state index contributed by atoms with van der Waals surface area (Å²) in [6.45, 7) is 8.70. The Balaban J connectivity index is 0.982. The van der Waals surface area contributed by atoms with Gasteiger partial charge < -0.3 is 9.13 Å². The van der Waals surface area contributed by atoms with Crippen molar-refractivity contribution in [2.45, 2.75) is 27.7 Å². The van der Waals surface area contributed by atoms with E-state index in [0.29, 0.717) is 0 Å². The highest BCUT2D eigenvalue weighted by Gasteiger charge is 2.19. The predicted octanol–water partition coefficient (Wildman–Crippen LogP) is 14.6. The standard InChI is InChI=1S/C56H42N4/c1-35-17-21-40(22-18-35)49-34-50(58-56(57-49)42-23-19-36(2)20-24-42)41-27-25-39(26-28-41)43-31-37(3)55(38(4)32-43)60-53-16-10-7-13-47(53)48-33-44(29-30-54(48)60)59-51-14-8-5-11-45(51)46-12-6-9-15-52(46)59/h5-34H,1-4H3. The Bertz CT molecular complexity index is 3300. The first kappa shape index (κ1) is 35.6. The molecule has 0 N–H and O–H groups in total. The molecule has 4 heteroatoms. The third-order valence-electron chi connectivity index (χ3n) is 12.1. The van der Waals surface area contributed by atoms with Gasteiger partial charge in [-0.05, 0) is 105 Å². The van der Waals surface area contributed by atoms with Crippen LogP contribution in [0.3, 0.4) is 0 Å². The van der Waals surface area contributed by atoms with Gasteiger partial charge in [-0.3, -0.25) is 0 Å². The smallest absolute Gasteiger partial charge is 0.160 e. The quantitative estimate of drug-likeness (QED) is 0.169. The summed E-state index contributed by atoms with van der Waals surface area (Å²) in [4.78, 5) is 10.1. The molecule has 0 saturated carbocycles. The van der Waals surface area contributed by atoms with E-state index < -0.39 is 0 Å². The lowest BCUT2D eigenvalue weighted by atomic mass is 9.97. The molecule has 0 atom stereocenters. The van der Waals surface area contributed by atoms with Crippen LogP contribution in [-0.4, -0.2) is 19.1 Å². The maximum absolute atomic E-state index is 5.10. The Morgan fingerprint density at radius 2 is 0.767 bits per heavy atom. The number of para-hydroxylation sites is 3. The normalized spacial score (nSPS) is 11.7. The summed E-state index contributed by atoms with van der Waals surface area (Å²) in [6.07, 6.45) is 0. The Hall–Kier alpha value is -7.56. The van der Waals surface area contributed by atoms with E-state index in [0.717, 1.165) is 39.6 Å². The largest absolute Gasteiger partial charge is 0.309 e. The lowest BCUT2D eigenvalue weighted by Gasteiger charge is -2.17. The fourth-order valence-electron chi connectivity index (χ4n) is 9.15. The maximum Gasteiger partial charge on any atom is 0.160 e. The first-order valence-corrected chi connectivity index (χ1v) is 20.7. The van der Waals surface area contributed by atoms with Gasteiger partial charge in [-0.15, -0.1) is 0 Å². The van der Waals surface area contributed by atoms with E-state index in [1.807, 2.05) is 0 Å². The van der Waals surface area contributed by atoms with Gasteiger partial charge in [0, 0.05) is 43.9 Å². The summed E-state index contributed by atoms with van der Waals surface area (Å²) in [5, 5.41) is 5.02. The Kier molecular flexibility index (Phi) is 8.35. The molecule has 0 aliphatic rings. The van der Waals surface area contributed by atoms with E-state index in [9.17, 15) is 0 Å². The summed E-state index contributed by atoms with van der Waals surface area (Å²) >= 11 is 0. The van der Waals surface area contributed by atoms with E-state index in [2.05, 4.69) is 219 Å². The molecule has 11 aromatic rings. The van der Waals surface area contributed by atoms with Crippen molar-refractivity contribution in [2.24, 2.45) is 0 Å². The van der Waals surface area contributed by atoms with Gasteiger partial charge in [0.15, 0.2) is 5.82 Å². The predicted molar refractivity (Wildman–Crippen MR) is 251 cm³/mol. The lowest BCUT2D eigenvalue weighted by Crippen LogP contribution is -2.01. The van der Waals surface area contributed by atoms with Crippen LogP contribution in [0.25, 0.3) is 100 Å². The van der Waals surface area contributed by atoms with Crippen LogP contribution in [0, 0.1) is 27.7 Å². The molecule has 0 aliphatic carbocycles. The Labute approximate surface area is 349 Å². The fraction of sp³-hybridized carbons (Fsp3) is 0.0714. The molecule has 0 amide bonds. The number of hydrogen-bond donors (Lipinski definition) is 0. The van der Waals surface area contributed by atoms with Crippen LogP contribution in [0.15, 0.2) is 182 Å². The van der Waals surface area contributed by atoms with Crippen molar-refractivity contribution in [1.82, 2.24) is 19.1 Å². The molecular formula is C56H42N4. The molecule has 11 rings (SSSR count). The molecule has 286 valence electrons. The van der Waals surface area contributed by atoms with Crippen LogP contribution in [0.1, 0.15) is 22.3 Å². The molecule has 0 saturated heterocycles. The second kappa shape index (κ2) is 14.1. The highest BCUT2D eigenvalue weighted by Crippen LogP contribution is 2.39. The van der Waals surface area contributed by atoms with Crippen LogP contribution >= 0.6 is 0 Å². The first-order valence-electron chi connectivity index (χ1n) is 20.7. The zero-order chi connectivity index (χ0) is 40.5. The lowest BCUT2D eigenvalue weighted by molar-refractivity contribution is 1.12. The van der Waals surface area contributed by atoms with Gasteiger partial charge in [0.05, 0.1) is 39.1 Å². The number of fused-ring (bicyclic) bond motifs is 6. The number of rotatable bonds is 6. The Morgan fingerprint density at radius 3 is 1.32 bits per heavy atom. The number of benzene rings is 8. The average Bonchev–Trinajstić information content (AvgIpc) is 3.79. The molecule has 0 unspecified atom stereocenters. The van der Waals surface area contributed by atoms with Crippen LogP contribution in [0.4, 0.5) is 0 Å². The monoisotopic (exact) mass is 770 g/mol. The van der Waals surface area contributed by atoms with Crippen molar-refractivity contribution >= 4 is 43.6 Å². The number of nitrogens with zero attached hydrogens (tertiary/aromatic N) is 4. The average molecular weight is 771 g/mol. The van der Waals surface area contributed by atoms with Crippen molar-refractivity contribution in [3.8, 4) is 56.4 Å². The van der Waals surface area contributed by atoms with Crippen molar-refractivity contribution in [1.29, 1.82) is 0 Å². The number of hydrogen-bond acceptors (Lipinski definition) is 2. The van der Waals surface area contributed by atoms with Crippen molar-refractivity contribution in [3.63, 3.8) is 0 Å². The number of aryl methyl sites for hydroxylation is 4. The summed E-state index contributed by atoms with van der Waals surface area (Å²) in [5.41, 5.74) is 19.4. The van der Waals surface area contributed by atoms with Gasteiger partial charge in [0.25, 0.3) is 0 Å². The van der Waals surface area contributed by atoms with Crippen molar-refractivity contribution in [3.05, 3.63) is 204 Å². The molecule has 8 aromatic carbocycles. The second-order valence-corrected chi connectivity index (χ2v) is 16.2. The topological polar surface area (TPSA) is 35.6 Å². The summed E-state index contributed by atoms with van der Waals surface area (Å²) < 4.78 is 4.87. The highest BCUT2D eigenvalue weighted by molar-refractivity contribution is 6.12. The minimum atomic E-state index is 0.724. The molecule has 3 aromatic heterocycles. The van der Waals surface area contributed by atoms with Crippen molar-refractivity contribution in [2.75, 3.05) is 0 Å². The van der Waals surface area contributed by atoms with Gasteiger partial charge in [-0.25, -0.2) is 9.97 Å². The van der Waals surface area contributed by atoms with Gasteiger partial charge >= 0.3 is 0 Å². The van der Waals surface area contributed by atoms with E-state index >= 15 is 0 Å². The van der Waals surface area contributed by atoms with E-state index in [1.165, 1.54) is 82.7 Å². The number of aromatic nitrogens is 4. The van der Waals surface area contributed by atoms with E-state index in [4.69, 9.17) is 9.97 Å². The van der Waals surface area contributed by atoms with Crippen LogP contribution in [0.2, 0.25) is 0 Å². The minimum Gasteiger partial charge on any atom is -0.309 e. The molecule has 0 fully saturated rings. The van der Waals surface area contributed by atoms with Crippen molar-refractivity contribution < 1.29 is 0 Å². The third-order valence-corrected chi connectivity index (χ3v) is 12.1. The minimum absolute atomic E-state index is 0.724. The molecule has 3 heterocycles. The molecule has 4 nitrogen and oxygen atoms in total. The van der Waals surface area contributed by atoms with Gasteiger partial charge in [0.1, 0.15) is 0 Å². The molecule has 0 spiro atoms. The summed E-state index contributed by atoms with van der Waals surface area (Å²) in [7, 11) is 0. The molecule has 0 aliphatic heterocycles. The summed E-state index contributed by atoms with van der Waals surface area (Å²) in [5.74, 6) is 0.724. The third kappa shape index (κ3) is 5.91. The van der Waals surface area contributed by atoms with Gasteiger partial charge in [-0.1, -0.05) is 139 Å².